The molecule has 0 bridgehead atoms. The zero-order valence-corrected chi connectivity index (χ0v) is 7.57. The van der Waals surface area contributed by atoms with Gasteiger partial charge >= 0.3 is 54.6 Å². The summed E-state index contributed by atoms with van der Waals surface area (Å²) in [5.41, 5.74) is 0. The van der Waals surface area contributed by atoms with Gasteiger partial charge in [-0.2, -0.15) is 13.2 Å². The molecule has 0 atom stereocenters. The van der Waals surface area contributed by atoms with E-state index in [4.69, 9.17) is 0 Å². The average Bonchev–Trinajstić information content (AvgIpc) is 1.69. The van der Waals surface area contributed by atoms with Gasteiger partial charge in [0, 0.05) is 6.92 Å². The van der Waals surface area contributed by atoms with Crippen LogP contribution in [0, 0.1) is 44.2 Å². The Kier molecular flexibility index (Phi) is 8.61. The molecule has 0 amide bonds. The first-order valence-electron chi connectivity index (χ1n) is 1.68. The van der Waals surface area contributed by atoms with Gasteiger partial charge in [-0.25, -0.2) is 0 Å². The first-order valence-corrected chi connectivity index (χ1v) is 4.95. The fraction of sp³-hybridized carbons (Fsp3) is 0.667. The van der Waals surface area contributed by atoms with Gasteiger partial charge in [-0.3, -0.25) is 4.79 Å². The fourth-order valence-corrected chi connectivity index (χ4v) is 0. The van der Waals surface area contributed by atoms with Crippen molar-refractivity contribution < 1.29 is 62.1 Å². The molecular formula is C3H3EuF3OS. The maximum absolute atomic E-state index is 10.8. The first kappa shape index (κ1) is 12.9. The minimum atomic E-state index is -4.64. The van der Waals surface area contributed by atoms with E-state index in [2.05, 4.69) is 4.26 Å². The zero-order valence-electron chi connectivity index (χ0n) is 4.33. The average molecular weight is 296 g/mol. The van der Waals surface area contributed by atoms with Crippen LogP contribution in [0.2, 0.25) is 0 Å². The second-order valence-electron chi connectivity index (χ2n) is 1.05. The van der Waals surface area contributed by atoms with Crippen LogP contribution >= 0.6 is 4.26 Å². The van der Waals surface area contributed by atoms with Crippen molar-refractivity contribution in [2.75, 3.05) is 0 Å². The molecular weight excluding hydrogens is 293 g/mol. The number of halogens is 3. The van der Waals surface area contributed by atoms with Crippen molar-refractivity contribution in [1.29, 1.82) is 0 Å². The van der Waals surface area contributed by atoms with Gasteiger partial charge in [0.15, 0.2) is 0 Å². The van der Waals surface area contributed by atoms with E-state index in [0.717, 1.165) is 0 Å². The summed E-state index contributed by atoms with van der Waals surface area (Å²) in [5, 5.41) is 0. The standard InChI is InChI=1S/C3H3F3O.Eu.S/c1-2(7)3(4,5)6;;/h1H3;;. The predicted molar refractivity (Wildman–Crippen MR) is 24.3 cm³/mol. The quantitative estimate of drug-likeness (QED) is 0.678. The molecule has 0 aliphatic heterocycles. The Morgan fingerprint density at radius 1 is 1.44 bits per heavy atom. The van der Waals surface area contributed by atoms with Crippen LogP contribution < -0.4 is 0 Å². The van der Waals surface area contributed by atoms with Gasteiger partial charge < -0.3 is 0 Å². The van der Waals surface area contributed by atoms with E-state index < -0.39 is 12.0 Å². The van der Waals surface area contributed by atoms with Crippen molar-refractivity contribution in [3.8, 4) is 0 Å². The van der Waals surface area contributed by atoms with Crippen molar-refractivity contribution in [2.45, 2.75) is 13.1 Å². The Hall–Kier alpha value is 1.26. The molecule has 6 heteroatoms. The minimum absolute atomic E-state index is 0.486. The van der Waals surface area contributed by atoms with Gasteiger partial charge in [0.05, 0.1) is 0 Å². The number of carbonyl (C=O) groups is 1. The van der Waals surface area contributed by atoms with Crippen molar-refractivity contribution >= 4 is 10.0 Å². The van der Waals surface area contributed by atoms with Gasteiger partial charge in [-0.05, 0) is 0 Å². The van der Waals surface area contributed by atoms with Gasteiger partial charge in [-0.1, -0.05) is 0 Å². The second-order valence-corrected chi connectivity index (χ2v) is 1.05. The molecule has 0 spiro atoms. The molecule has 55 valence electrons. The molecule has 0 N–H and O–H groups in total. The Labute approximate surface area is 83.9 Å². The van der Waals surface area contributed by atoms with Crippen LogP contribution in [0.15, 0.2) is 0 Å². The van der Waals surface area contributed by atoms with Crippen LogP contribution in [0.1, 0.15) is 6.92 Å². The SMILES string of the molecule is CC(=O)C(F)(F)F.[S]=[Eu]. The molecule has 0 aliphatic rings. The molecule has 0 aromatic rings. The van der Waals surface area contributed by atoms with Gasteiger partial charge in [0.1, 0.15) is 0 Å². The molecule has 0 aromatic carbocycles. The van der Waals surface area contributed by atoms with E-state index in [9.17, 15) is 18.0 Å². The molecule has 1 nitrogen and oxygen atoms in total. The van der Waals surface area contributed by atoms with Gasteiger partial charge in [0.25, 0.3) is 0 Å². The summed E-state index contributed by atoms with van der Waals surface area (Å²) in [6, 6.07) is 0. The summed E-state index contributed by atoms with van der Waals surface area (Å²) in [4.78, 5) is 9.34. The van der Waals surface area contributed by atoms with Crippen molar-refractivity contribution in [2.24, 2.45) is 0 Å². The summed E-state index contributed by atoms with van der Waals surface area (Å²) >= 11 is 1.31. The number of ketones is 1. The Balaban J connectivity index is 0. The molecule has 0 unspecified atom stereocenters. The Bertz CT molecular complexity index is 102. The van der Waals surface area contributed by atoms with Crippen molar-refractivity contribution in [3.63, 3.8) is 0 Å². The van der Waals surface area contributed by atoms with Gasteiger partial charge in [0.2, 0.25) is 5.78 Å². The number of rotatable bonds is 0. The number of hydrogen-bond acceptors (Lipinski definition) is 2. The van der Waals surface area contributed by atoms with E-state index in [-0.39, 0.29) is 0 Å². The monoisotopic (exact) mass is 297 g/mol. The van der Waals surface area contributed by atoms with Crippen molar-refractivity contribution in [3.05, 3.63) is 0 Å². The fourth-order valence-electron chi connectivity index (χ4n) is 0. The van der Waals surface area contributed by atoms with Gasteiger partial charge in [-0.15, -0.1) is 0 Å². The number of hydrogen-bond donors (Lipinski definition) is 0. The van der Waals surface area contributed by atoms with E-state index in [0.29, 0.717) is 6.92 Å². The summed E-state index contributed by atoms with van der Waals surface area (Å²) in [5.74, 6) is -1.76. The van der Waals surface area contributed by atoms with E-state index in [1.165, 1.54) is 44.2 Å². The number of alkyl halides is 3. The van der Waals surface area contributed by atoms with Crippen molar-refractivity contribution in [1.82, 2.24) is 0 Å². The third kappa shape index (κ3) is 9.26. The predicted octanol–water partition coefficient (Wildman–Crippen LogP) is 1.79. The molecule has 9 heavy (non-hydrogen) atoms. The van der Waals surface area contributed by atoms with Crippen LogP contribution in [0.25, 0.3) is 0 Å². The molecule has 0 saturated carbocycles. The molecule has 0 aromatic heterocycles. The maximum atomic E-state index is 10.8. The Morgan fingerprint density at radius 3 is 1.56 bits per heavy atom. The van der Waals surface area contributed by atoms with Crippen LogP contribution in [0.4, 0.5) is 13.2 Å². The number of carbonyl (C=O) groups excluding carboxylic acids is 1. The third-order valence-corrected chi connectivity index (χ3v) is 0.399. The molecule has 0 heterocycles. The summed E-state index contributed by atoms with van der Waals surface area (Å²) in [6.45, 7) is 0.486. The summed E-state index contributed by atoms with van der Waals surface area (Å²) < 4.78 is 36.6. The molecule has 0 fully saturated rings. The van der Waals surface area contributed by atoms with Crippen LogP contribution in [-0.4, -0.2) is 12.0 Å². The Morgan fingerprint density at radius 2 is 1.56 bits per heavy atom. The molecule has 0 saturated heterocycles. The number of Topliss-reactive ketones (excluding diaryl/α,β-unsaturated/α-hetero) is 1. The molecule has 0 aliphatic carbocycles. The van der Waals surface area contributed by atoms with Crippen LogP contribution in [-0.2, 0) is 4.79 Å². The summed E-state index contributed by atoms with van der Waals surface area (Å²) in [6.07, 6.45) is -4.64. The van der Waals surface area contributed by atoms with E-state index >= 15 is 0 Å². The third-order valence-electron chi connectivity index (χ3n) is 0.399. The topological polar surface area (TPSA) is 17.1 Å². The van der Waals surface area contributed by atoms with E-state index in [1.54, 1.807) is 0 Å². The normalized spacial score (nSPS) is 9.33. The van der Waals surface area contributed by atoms with Crippen LogP contribution in [0.3, 0.4) is 0 Å². The summed E-state index contributed by atoms with van der Waals surface area (Å²) in [7, 11) is 0. The zero-order chi connectivity index (χ0) is 8.08. The van der Waals surface area contributed by atoms with Crippen LogP contribution in [0.5, 0.6) is 0 Å². The first-order chi connectivity index (χ1) is 3.94. The molecule has 0 radical (unpaired) electrons. The second kappa shape index (κ2) is 6.01. The molecule has 0 rings (SSSR count). The van der Waals surface area contributed by atoms with E-state index in [1.807, 2.05) is 0 Å².